The van der Waals surface area contributed by atoms with Crippen molar-refractivity contribution in [1.82, 2.24) is 15.0 Å². The van der Waals surface area contributed by atoms with Crippen LogP contribution in [-0.4, -0.2) is 20.7 Å². The second-order valence-electron chi connectivity index (χ2n) is 3.07. The van der Waals surface area contributed by atoms with Crippen molar-refractivity contribution >= 4 is 17.1 Å². The van der Waals surface area contributed by atoms with E-state index in [-0.39, 0.29) is 5.78 Å². The maximum atomic E-state index is 11.1. The van der Waals surface area contributed by atoms with Gasteiger partial charge < -0.3 is 0 Å². The van der Waals surface area contributed by atoms with Crippen LogP contribution in [0.2, 0.25) is 0 Å². The minimum absolute atomic E-state index is 0.0557. The standard InChI is InChI=1S/C10H9N3OS/c1-6(14)8-3-4-11-10(13-8)9-5-12-7(2)15-9/h3-5H,1-2H3. The molecule has 0 aliphatic carbocycles. The van der Waals surface area contributed by atoms with E-state index in [1.54, 1.807) is 18.5 Å². The smallest absolute Gasteiger partial charge is 0.178 e. The molecule has 0 atom stereocenters. The molecule has 0 amide bonds. The molecule has 15 heavy (non-hydrogen) atoms. The summed E-state index contributed by atoms with van der Waals surface area (Å²) < 4.78 is 0. The summed E-state index contributed by atoms with van der Waals surface area (Å²) in [6.45, 7) is 3.41. The molecule has 5 heteroatoms. The second kappa shape index (κ2) is 3.86. The molecule has 0 unspecified atom stereocenters. The molecular weight excluding hydrogens is 210 g/mol. The lowest BCUT2D eigenvalue weighted by Crippen LogP contribution is -1.98. The zero-order chi connectivity index (χ0) is 10.8. The lowest BCUT2D eigenvalue weighted by atomic mass is 10.3. The Kier molecular flexibility index (Phi) is 2.55. The summed E-state index contributed by atoms with van der Waals surface area (Å²) >= 11 is 1.51. The molecule has 2 aromatic heterocycles. The van der Waals surface area contributed by atoms with Crippen molar-refractivity contribution in [3.63, 3.8) is 0 Å². The molecule has 2 heterocycles. The molecule has 0 aromatic carbocycles. The SMILES string of the molecule is CC(=O)c1ccnc(-c2cnc(C)s2)n1. The summed E-state index contributed by atoms with van der Waals surface area (Å²) in [5.41, 5.74) is 0.436. The van der Waals surface area contributed by atoms with Crippen molar-refractivity contribution in [2.75, 3.05) is 0 Å². The van der Waals surface area contributed by atoms with Crippen molar-refractivity contribution in [3.05, 3.63) is 29.2 Å². The van der Waals surface area contributed by atoms with E-state index >= 15 is 0 Å². The van der Waals surface area contributed by atoms with Crippen LogP contribution in [-0.2, 0) is 0 Å². The van der Waals surface area contributed by atoms with Crippen LogP contribution < -0.4 is 0 Å². The Balaban J connectivity index is 2.45. The number of rotatable bonds is 2. The largest absolute Gasteiger partial charge is 0.293 e. The predicted molar refractivity (Wildman–Crippen MR) is 57.9 cm³/mol. The predicted octanol–water partition coefficient (Wildman–Crippen LogP) is 2.11. The first-order valence-corrected chi connectivity index (χ1v) is 5.25. The summed E-state index contributed by atoms with van der Waals surface area (Å²) in [4.78, 5) is 24.4. The van der Waals surface area contributed by atoms with Crippen LogP contribution in [0.1, 0.15) is 22.4 Å². The highest BCUT2D eigenvalue weighted by molar-refractivity contribution is 7.14. The van der Waals surface area contributed by atoms with E-state index in [0.29, 0.717) is 11.5 Å². The molecule has 0 saturated heterocycles. The highest BCUT2D eigenvalue weighted by atomic mass is 32.1. The minimum Gasteiger partial charge on any atom is -0.293 e. The van der Waals surface area contributed by atoms with E-state index in [1.165, 1.54) is 18.3 Å². The van der Waals surface area contributed by atoms with E-state index in [1.807, 2.05) is 6.92 Å². The monoisotopic (exact) mass is 219 g/mol. The number of carbonyl (C=O) groups is 1. The number of Topliss-reactive ketones (excluding diaryl/α,β-unsaturated/α-hetero) is 1. The van der Waals surface area contributed by atoms with Gasteiger partial charge in [-0.2, -0.15) is 0 Å². The summed E-state index contributed by atoms with van der Waals surface area (Å²) in [7, 11) is 0. The topological polar surface area (TPSA) is 55.7 Å². The van der Waals surface area contributed by atoms with Gasteiger partial charge in [-0.05, 0) is 13.0 Å². The molecule has 76 valence electrons. The maximum Gasteiger partial charge on any atom is 0.178 e. The van der Waals surface area contributed by atoms with Gasteiger partial charge >= 0.3 is 0 Å². The third-order valence-electron chi connectivity index (χ3n) is 1.86. The van der Waals surface area contributed by atoms with Crippen LogP contribution in [0.15, 0.2) is 18.5 Å². The average Bonchev–Trinajstić information content (AvgIpc) is 2.65. The highest BCUT2D eigenvalue weighted by Crippen LogP contribution is 2.21. The van der Waals surface area contributed by atoms with Gasteiger partial charge in [-0.15, -0.1) is 11.3 Å². The number of aromatic nitrogens is 3. The number of aryl methyl sites for hydroxylation is 1. The number of thiazole rings is 1. The first-order chi connectivity index (χ1) is 7.16. The molecule has 0 fully saturated rings. The first kappa shape index (κ1) is 9.92. The van der Waals surface area contributed by atoms with E-state index < -0.39 is 0 Å². The summed E-state index contributed by atoms with van der Waals surface area (Å²) in [6.07, 6.45) is 3.31. The molecule has 2 rings (SSSR count). The van der Waals surface area contributed by atoms with E-state index in [2.05, 4.69) is 15.0 Å². The molecule has 4 nitrogen and oxygen atoms in total. The minimum atomic E-state index is -0.0557. The number of ketones is 1. The number of hydrogen-bond acceptors (Lipinski definition) is 5. The molecule has 0 bridgehead atoms. The zero-order valence-corrected chi connectivity index (χ0v) is 9.21. The van der Waals surface area contributed by atoms with Crippen molar-refractivity contribution in [1.29, 1.82) is 0 Å². The molecule has 0 aliphatic rings. The van der Waals surface area contributed by atoms with E-state index in [9.17, 15) is 4.79 Å². The van der Waals surface area contributed by atoms with Crippen LogP contribution >= 0.6 is 11.3 Å². The van der Waals surface area contributed by atoms with Crippen molar-refractivity contribution < 1.29 is 4.79 Å². The average molecular weight is 219 g/mol. The van der Waals surface area contributed by atoms with Gasteiger partial charge in [0, 0.05) is 19.3 Å². The Morgan fingerprint density at radius 3 is 2.80 bits per heavy atom. The van der Waals surface area contributed by atoms with Gasteiger partial charge in [0.05, 0.1) is 9.88 Å². The number of nitrogens with zero attached hydrogens (tertiary/aromatic N) is 3. The Hall–Kier alpha value is -1.62. The first-order valence-electron chi connectivity index (χ1n) is 4.43. The van der Waals surface area contributed by atoms with Gasteiger partial charge in [0.15, 0.2) is 11.6 Å². The van der Waals surface area contributed by atoms with Crippen LogP contribution in [0.4, 0.5) is 0 Å². The maximum absolute atomic E-state index is 11.1. The molecule has 0 aliphatic heterocycles. The second-order valence-corrected chi connectivity index (χ2v) is 4.30. The lowest BCUT2D eigenvalue weighted by Gasteiger charge is -1.97. The van der Waals surface area contributed by atoms with Crippen LogP contribution in [0.25, 0.3) is 10.7 Å². The van der Waals surface area contributed by atoms with Crippen LogP contribution in [0.5, 0.6) is 0 Å². The highest BCUT2D eigenvalue weighted by Gasteiger charge is 2.07. The van der Waals surface area contributed by atoms with Crippen molar-refractivity contribution in [3.8, 4) is 10.7 Å². The van der Waals surface area contributed by atoms with Crippen LogP contribution in [0.3, 0.4) is 0 Å². The lowest BCUT2D eigenvalue weighted by molar-refractivity contribution is 0.101. The fraction of sp³-hybridized carbons (Fsp3) is 0.200. The van der Waals surface area contributed by atoms with Crippen LogP contribution in [0, 0.1) is 6.92 Å². The fourth-order valence-corrected chi connectivity index (χ4v) is 1.86. The molecule has 0 radical (unpaired) electrons. The quantitative estimate of drug-likeness (QED) is 0.726. The van der Waals surface area contributed by atoms with Gasteiger partial charge in [0.25, 0.3) is 0 Å². The van der Waals surface area contributed by atoms with Crippen molar-refractivity contribution in [2.45, 2.75) is 13.8 Å². The van der Waals surface area contributed by atoms with Gasteiger partial charge in [-0.25, -0.2) is 15.0 Å². The number of carbonyl (C=O) groups excluding carboxylic acids is 1. The molecular formula is C10H9N3OS. The Morgan fingerprint density at radius 2 is 2.20 bits per heavy atom. The normalized spacial score (nSPS) is 10.3. The van der Waals surface area contributed by atoms with Gasteiger partial charge in [0.1, 0.15) is 5.69 Å². The Bertz CT molecular complexity index is 507. The third-order valence-corrected chi connectivity index (χ3v) is 2.77. The zero-order valence-electron chi connectivity index (χ0n) is 8.39. The Morgan fingerprint density at radius 1 is 1.40 bits per heavy atom. The molecule has 0 saturated carbocycles. The summed E-state index contributed by atoms with van der Waals surface area (Å²) in [6, 6.07) is 1.61. The number of hydrogen-bond donors (Lipinski definition) is 0. The fourth-order valence-electron chi connectivity index (χ4n) is 1.14. The van der Waals surface area contributed by atoms with Gasteiger partial charge in [0.2, 0.25) is 0 Å². The molecule has 2 aromatic rings. The van der Waals surface area contributed by atoms with Gasteiger partial charge in [-0.1, -0.05) is 0 Å². The van der Waals surface area contributed by atoms with E-state index in [4.69, 9.17) is 0 Å². The van der Waals surface area contributed by atoms with Crippen molar-refractivity contribution in [2.24, 2.45) is 0 Å². The molecule has 0 N–H and O–H groups in total. The van der Waals surface area contributed by atoms with Gasteiger partial charge in [-0.3, -0.25) is 4.79 Å². The summed E-state index contributed by atoms with van der Waals surface area (Å²) in [5, 5.41) is 0.960. The third kappa shape index (κ3) is 2.07. The van der Waals surface area contributed by atoms with E-state index in [0.717, 1.165) is 9.88 Å². The summed E-state index contributed by atoms with van der Waals surface area (Å²) in [5.74, 6) is 0.508. The molecule has 0 spiro atoms. The Labute approximate surface area is 91.0 Å².